The fraction of sp³-hybridized carbons (Fsp3) is 0.333. The van der Waals surface area contributed by atoms with Gasteiger partial charge in [-0.25, -0.2) is 13.2 Å². The van der Waals surface area contributed by atoms with Crippen molar-refractivity contribution >= 4 is 21.7 Å². The lowest BCUT2D eigenvalue weighted by atomic mass is 10.2. The third-order valence-electron chi connectivity index (χ3n) is 2.68. The van der Waals surface area contributed by atoms with Crippen LogP contribution in [0.3, 0.4) is 0 Å². The zero-order valence-corrected chi connectivity index (χ0v) is 11.7. The highest BCUT2D eigenvalue weighted by Crippen LogP contribution is 2.23. The third kappa shape index (κ3) is 3.26. The van der Waals surface area contributed by atoms with E-state index >= 15 is 0 Å². The second-order valence-corrected chi connectivity index (χ2v) is 5.87. The first-order valence-electron chi connectivity index (χ1n) is 5.84. The Kier molecular flexibility index (Phi) is 5.07. The van der Waals surface area contributed by atoms with Gasteiger partial charge < -0.3 is 10.8 Å². The van der Waals surface area contributed by atoms with Gasteiger partial charge in [-0.2, -0.15) is 9.57 Å². The number of hydrogen-bond donors (Lipinski definition) is 2. The highest BCUT2D eigenvalue weighted by Gasteiger charge is 2.28. The molecule has 0 atom stereocenters. The third-order valence-corrected chi connectivity index (χ3v) is 4.69. The van der Waals surface area contributed by atoms with E-state index in [9.17, 15) is 13.2 Å². The normalized spacial score (nSPS) is 11.2. The van der Waals surface area contributed by atoms with Gasteiger partial charge in [0.1, 0.15) is 0 Å². The fourth-order valence-corrected chi connectivity index (χ4v) is 3.36. The minimum atomic E-state index is -4.00. The Morgan fingerprint density at radius 3 is 2.65 bits per heavy atom. The van der Waals surface area contributed by atoms with Crippen LogP contribution in [0.4, 0.5) is 5.69 Å². The van der Waals surface area contributed by atoms with Crippen molar-refractivity contribution in [3.8, 4) is 6.07 Å². The second kappa shape index (κ2) is 6.36. The van der Waals surface area contributed by atoms with Crippen LogP contribution in [-0.4, -0.2) is 36.9 Å². The van der Waals surface area contributed by atoms with E-state index in [1.165, 1.54) is 6.07 Å². The maximum atomic E-state index is 12.4. The molecule has 1 rings (SSSR count). The Labute approximate surface area is 117 Å². The van der Waals surface area contributed by atoms with E-state index < -0.39 is 16.0 Å². The number of hydrogen-bond acceptors (Lipinski definition) is 5. The minimum absolute atomic E-state index is 0.00317. The van der Waals surface area contributed by atoms with Crippen molar-refractivity contribution in [3.05, 3.63) is 23.8 Å². The zero-order chi connectivity index (χ0) is 15.3. The van der Waals surface area contributed by atoms with Gasteiger partial charge in [-0.3, -0.25) is 0 Å². The van der Waals surface area contributed by atoms with Crippen LogP contribution in [0.15, 0.2) is 23.1 Å². The van der Waals surface area contributed by atoms with Crippen LogP contribution >= 0.6 is 0 Å². The first-order valence-corrected chi connectivity index (χ1v) is 7.28. The Bertz CT molecular complexity index is 649. The standard InChI is InChI=1S/C12H15N3O4S/c1-2-15(7-3-6-13)20(18,19)11-8-9(14)4-5-10(11)12(16)17/h4-5,8H,2-3,7,14H2,1H3,(H,16,17). The Morgan fingerprint density at radius 2 is 2.15 bits per heavy atom. The van der Waals surface area contributed by atoms with Crippen molar-refractivity contribution in [2.75, 3.05) is 18.8 Å². The molecule has 0 spiro atoms. The Morgan fingerprint density at radius 1 is 1.50 bits per heavy atom. The molecule has 0 aliphatic carbocycles. The molecule has 3 N–H and O–H groups in total. The van der Waals surface area contributed by atoms with Crippen molar-refractivity contribution in [3.63, 3.8) is 0 Å². The number of nitriles is 1. The molecule has 0 aromatic heterocycles. The average molecular weight is 297 g/mol. The average Bonchev–Trinajstić information content (AvgIpc) is 2.38. The number of nitrogens with zero attached hydrogens (tertiary/aromatic N) is 2. The summed E-state index contributed by atoms with van der Waals surface area (Å²) in [5.74, 6) is -1.35. The molecule has 0 heterocycles. The number of rotatable bonds is 6. The summed E-state index contributed by atoms with van der Waals surface area (Å²) in [6.07, 6.45) is 0.0256. The largest absolute Gasteiger partial charge is 0.478 e. The summed E-state index contributed by atoms with van der Waals surface area (Å²) in [5.41, 5.74) is 5.36. The fourth-order valence-electron chi connectivity index (χ4n) is 1.69. The summed E-state index contributed by atoms with van der Waals surface area (Å²) in [6.45, 7) is 1.75. The number of nitrogens with two attached hydrogens (primary N) is 1. The molecule has 0 bridgehead atoms. The molecule has 0 unspecified atom stereocenters. The number of carbonyl (C=O) groups is 1. The van der Waals surface area contributed by atoms with Crippen molar-refractivity contribution in [1.29, 1.82) is 5.26 Å². The smallest absolute Gasteiger partial charge is 0.337 e. The van der Waals surface area contributed by atoms with Crippen LogP contribution in [0, 0.1) is 11.3 Å². The number of carboxylic acid groups (broad SMARTS) is 1. The van der Waals surface area contributed by atoms with Crippen LogP contribution < -0.4 is 5.73 Å². The van der Waals surface area contributed by atoms with E-state index in [-0.39, 0.29) is 35.7 Å². The number of carboxylic acids is 1. The molecule has 20 heavy (non-hydrogen) atoms. The summed E-state index contributed by atoms with van der Waals surface area (Å²) in [5, 5.41) is 17.6. The van der Waals surface area contributed by atoms with Gasteiger partial charge in [-0.1, -0.05) is 6.92 Å². The van der Waals surface area contributed by atoms with E-state index in [1.54, 1.807) is 6.92 Å². The molecular weight excluding hydrogens is 282 g/mol. The summed E-state index contributed by atoms with van der Waals surface area (Å²) in [7, 11) is -4.00. The van der Waals surface area contributed by atoms with Crippen LogP contribution in [-0.2, 0) is 10.0 Å². The van der Waals surface area contributed by atoms with E-state index in [0.29, 0.717) is 0 Å². The lowest BCUT2D eigenvalue weighted by Gasteiger charge is -2.20. The maximum Gasteiger partial charge on any atom is 0.337 e. The van der Waals surface area contributed by atoms with Gasteiger partial charge in [-0.15, -0.1) is 0 Å². The molecule has 1 aromatic rings. The molecule has 8 heteroatoms. The number of aromatic carboxylic acids is 1. The molecule has 7 nitrogen and oxygen atoms in total. The Balaban J connectivity index is 3.37. The van der Waals surface area contributed by atoms with E-state index in [0.717, 1.165) is 16.4 Å². The van der Waals surface area contributed by atoms with Crippen LogP contribution in [0.1, 0.15) is 23.7 Å². The highest BCUT2D eigenvalue weighted by atomic mass is 32.2. The van der Waals surface area contributed by atoms with Gasteiger partial charge in [0.25, 0.3) is 0 Å². The summed E-state index contributed by atoms with van der Waals surface area (Å²) >= 11 is 0. The molecule has 0 saturated carbocycles. The van der Waals surface area contributed by atoms with Crippen molar-refractivity contribution in [2.45, 2.75) is 18.2 Å². The monoisotopic (exact) mass is 297 g/mol. The molecule has 1 aromatic carbocycles. The van der Waals surface area contributed by atoms with Gasteiger partial charge in [0.2, 0.25) is 10.0 Å². The van der Waals surface area contributed by atoms with E-state index in [1.807, 2.05) is 6.07 Å². The van der Waals surface area contributed by atoms with Crippen molar-refractivity contribution in [2.24, 2.45) is 0 Å². The van der Waals surface area contributed by atoms with Gasteiger partial charge in [0.05, 0.1) is 16.5 Å². The lowest BCUT2D eigenvalue weighted by Crippen LogP contribution is -2.32. The van der Waals surface area contributed by atoms with Crippen LogP contribution in [0.2, 0.25) is 0 Å². The predicted octanol–water partition coefficient (Wildman–Crippen LogP) is 0.891. The molecular formula is C12H15N3O4S. The lowest BCUT2D eigenvalue weighted by molar-refractivity contribution is 0.0692. The summed E-state index contributed by atoms with van der Waals surface area (Å²) in [6, 6.07) is 5.46. The molecule has 0 aliphatic rings. The Hall–Kier alpha value is -2.11. The second-order valence-electron chi connectivity index (χ2n) is 3.97. The van der Waals surface area contributed by atoms with Crippen LogP contribution in [0.25, 0.3) is 0 Å². The zero-order valence-electron chi connectivity index (χ0n) is 10.9. The van der Waals surface area contributed by atoms with Crippen molar-refractivity contribution < 1.29 is 18.3 Å². The van der Waals surface area contributed by atoms with Crippen molar-refractivity contribution in [1.82, 2.24) is 4.31 Å². The van der Waals surface area contributed by atoms with E-state index in [4.69, 9.17) is 16.1 Å². The van der Waals surface area contributed by atoms with Crippen LogP contribution in [0.5, 0.6) is 0 Å². The minimum Gasteiger partial charge on any atom is -0.478 e. The SMILES string of the molecule is CCN(CCC#N)S(=O)(=O)c1cc(N)ccc1C(=O)O. The van der Waals surface area contributed by atoms with Gasteiger partial charge >= 0.3 is 5.97 Å². The molecule has 108 valence electrons. The number of anilines is 1. The maximum absolute atomic E-state index is 12.4. The quantitative estimate of drug-likeness (QED) is 0.751. The van der Waals surface area contributed by atoms with Gasteiger partial charge in [0.15, 0.2) is 0 Å². The van der Waals surface area contributed by atoms with E-state index in [2.05, 4.69) is 0 Å². The number of sulfonamides is 1. The molecule has 0 aliphatic heterocycles. The van der Waals surface area contributed by atoms with Gasteiger partial charge in [0, 0.05) is 25.2 Å². The molecule has 0 saturated heterocycles. The number of nitrogen functional groups attached to an aromatic ring is 1. The number of benzene rings is 1. The molecule has 0 amide bonds. The topological polar surface area (TPSA) is 124 Å². The first-order chi connectivity index (χ1) is 9.34. The predicted molar refractivity (Wildman–Crippen MR) is 72.5 cm³/mol. The molecule has 0 radical (unpaired) electrons. The summed E-state index contributed by atoms with van der Waals surface area (Å²) < 4.78 is 25.9. The van der Waals surface area contributed by atoms with Gasteiger partial charge in [-0.05, 0) is 18.2 Å². The summed E-state index contributed by atoms with van der Waals surface area (Å²) in [4.78, 5) is 10.8. The first kappa shape index (κ1) is 15.9. The highest BCUT2D eigenvalue weighted by molar-refractivity contribution is 7.89. The molecule has 0 fully saturated rings.